The van der Waals surface area contributed by atoms with Crippen LogP contribution in [0.3, 0.4) is 0 Å². The predicted molar refractivity (Wildman–Crippen MR) is 148 cm³/mol. The van der Waals surface area contributed by atoms with Crippen LogP contribution in [0.4, 0.5) is 0 Å². The quantitative estimate of drug-likeness (QED) is 0.240. The lowest BCUT2D eigenvalue weighted by atomic mass is 9.81. The number of nitrogens with one attached hydrogen (secondary N) is 1. The molecule has 35 heavy (non-hydrogen) atoms. The molecule has 0 fully saturated rings. The fourth-order valence-corrected chi connectivity index (χ4v) is 7.25. The van der Waals surface area contributed by atoms with Crippen LogP contribution in [0.25, 0.3) is 71.0 Å². The molecule has 0 spiro atoms. The molecular weight excluding hydrogens is 424 g/mol. The van der Waals surface area contributed by atoms with Crippen LogP contribution in [-0.4, -0.2) is 9.38 Å². The molecule has 0 radical (unpaired) electrons. The normalized spacial score (nSPS) is 14.8. The fraction of sp³-hybridized carbons (Fsp3) is 0.0909. The highest BCUT2D eigenvalue weighted by Crippen LogP contribution is 2.54. The van der Waals surface area contributed by atoms with Crippen LogP contribution in [0, 0.1) is 0 Å². The van der Waals surface area contributed by atoms with E-state index in [0.717, 1.165) is 0 Å². The minimum absolute atomic E-state index is 0.0707. The van der Waals surface area contributed by atoms with E-state index in [1.165, 1.54) is 82.2 Å². The van der Waals surface area contributed by atoms with Gasteiger partial charge >= 0.3 is 0 Å². The molecule has 3 heterocycles. The van der Waals surface area contributed by atoms with Crippen molar-refractivity contribution in [2.24, 2.45) is 0 Å². The highest BCUT2D eigenvalue weighted by atomic mass is 14.9. The summed E-state index contributed by atoms with van der Waals surface area (Å²) in [6.45, 7) is 4.75. The monoisotopic (exact) mass is 446 g/mol. The molecule has 0 aliphatic heterocycles. The van der Waals surface area contributed by atoms with Crippen molar-refractivity contribution in [2.45, 2.75) is 19.3 Å². The van der Waals surface area contributed by atoms with Crippen LogP contribution < -0.4 is 0 Å². The standard InChI is InChI=1S/C33H22N2/c1-33(2)24-14-5-3-9-18(24)23-17-27-29-28-20(11-8-15-25(28)34-31(29)30(23)33)22-13-7-12-21-19-10-4-6-16-26(19)35(27)32(21)22/h3-17,34H,1-2H3. The first-order valence-electron chi connectivity index (χ1n) is 12.4. The number of hydrogen-bond donors (Lipinski definition) is 1. The Morgan fingerprint density at radius 1 is 0.629 bits per heavy atom. The van der Waals surface area contributed by atoms with Crippen molar-refractivity contribution in [2.75, 3.05) is 0 Å². The predicted octanol–water partition coefficient (Wildman–Crippen LogP) is 8.78. The number of aromatic amines is 1. The molecule has 1 aliphatic carbocycles. The summed E-state index contributed by atoms with van der Waals surface area (Å²) in [6.07, 6.45) is 0. The van der Waals surface area contributed by atoms with E-state index in [1.54, 1.807) is 0 Å². The lowest BCUT2D eigenvalue weighted by Crippen LogP contribution is -2.15. The molecule has 0 amide bonds. The summed E-state index contributed by atoms with van der Waals surface area (Å²) >= 11 is 0. The van der Waals surface area contributed by atoms with Crippen molar-refractivity contribution >= 4 is 59.9 Å². The smallest absolute Gasteiger partial charge is 0.0619 e. The first-order chi connectivity index (χ1) is 17.1. The lowest BCUT2D eigenvalue weighted by Gasteiger charge is -2.22. The molecule has 0 atom stereocenters. The van der Waals surface area contributed by atoms with Gasteiger partial charge in [-0.15, -0.1) is 0 Å². The third-order valence-corrected chi connectivity index (χ3v) is 8.62. The summed E-state index contributed by atoms with van der Waals surface area (Å²) in [5, 5.41) is 7.93. The Balaban J connectivity index is 1.71. The van der Waals surface area contributed by atoms with E-state index in [1.807, 2.05) is 0 Å². The van der Waals surface area contributed by atoms with E-state index in [4.69, 9.17) is 0 Å². The van der Waals surface area contributed by atoms with Crippen molar-refractivity contribution in [3.63, 3.8) is 0 Å². The molecule has 0 saturated heterocycles. The van der Waals surface area contributed by atoms with Gasteiger partial charge < -0.3 is 9.38 Å². The molecule has 0 saturated carbocycles. The zero-order valence-corrected chi connectivity index (χ0v) is 19.6. The molecule has 3 aromatic heterocycles. The van der Waals surface area contributed by atoms with Crippen LogP contribution >= 0.6 is 0 Å². The summed E-state index contributed by atoms with van der Waals surface area (Å²) in [6, 6.07) is 33.8. The van der Waals surface area contributed by atoms with Crippen LogP contribution in [0.5, 0.6) is 0 Å². The van der Waals surface area contributed by atoms with Gasteiger partial charge in [0.25, 0.3) is 0 Å². The summed E-state index contributed by atoms with van der Waals surface area (Å²) in [5.74, 6) is 0. The average molecular weight is 447 g/mol. The SMILES string of the molecule is CC1(C)c2ccccc2-c2cc3c4c([nH]c5cccc(c6cccc7c8ccccc8n3c67)c54)c21. The number of H-pyrrole nitrogens is 1. The van der Waals surface area contributed by atoms with Gasteiger partial charge in [0.15, 0.2) is 0 Å². The topological polar surface area (TPSA) is 20.2 Å². The Labute approximate surface area is 201 Å². The number of fused-ring (bicyclic) bond motifs is 9. The van der Waals surface area contributed by atoms with Gasteiger partial charge in [-0.2, -0.15) is 0 Å². The summed E-state index contributed by atoms with van der Waals surface area (Å²) in [7, 11) is 0. The maximum atomic E-state index is 3.91. The number of benzene rings is 5. The second-order valence-corrected chi connectivity index (χ2v) is 10.6. The molecule has 1 N–H and O–H groups in total. The molecule has 5 aromatic carbocycles. The molecule has 2 heteroatoms. The van der Waals surface area contributed by atoms with E-state index >= 15 is 0 Å². The molecular formula is C33H22N2. The highest BCUT2D eigenvalue weighted by molar-refractivity contribution is 6.31. The fourth-order valence-electron chi connectivity index (χ4n) is 7.25. The zero-order valence-electron chi connectivity index (χ0n) is 19.6. The number of hydrogen-bond acceptors (Lipinski definition) is 0. The third kappa shape index (κ3) is 1.89. The maximum absolute atomic E-state index is 3.91. The Kier molecular flexibility index (Phi) is 2.93. The van der Waals surface area contributed by atoms with Crippen LogP contribution in [0.1, 0.15) is 25.0 Å². The average Bonchev–Trinajstić information content (AvgIpc) is 3.47. The summed E-state index contributed by atoms with van der Waals surface area (Å²) < 4.78 is 2.53. The number of aromatic nitrogens is 2. The van der Waals surface area contributed by atoms with Crippen LogP contribution in [0.2, 0.25) is 0 Å². The van der Waals surface area contributed by atoms with Gasteiger partial charge in [-0.3, -0.25) is 0 Å². The van der Waals surface area contributed by atoms with Gasteiger partial charge in [0.2, 0.25) is 0 Å². The van der Waals surface area contributed by atoms with Crippen molar-refractivity contribution in [1.82, 2.24) is 9.38 Å². The molecule has 0 unspecified atom stereocenters. The second kappa shape index (κ2) is 5.67. The van der Waals surface area contributed by atoms with Crippen molar-refractivity contribution in [3.8, 4) is 11.1 Å². The Bertz CT molecular complexity index is 2190. The minimum atomic E-state index is -0.0707. The van der Waals surface area contributed by atoms with Crippen molar-refractivity contribution in [1.29, 1.82) is 0 Å². The molecule has 1 aliphatic rings. The van der Waals surface area contributed by atoms with Crippen LogP contribution in [0.15, 0.2) is 91.0 Å². The zero-order chi connectivity index (χ0) is 23.1. The van der Waals surface area contributed by atoms with Gasteiger partial charge in [-0.05, 0) is 45.8 Å². The lowest BCUT2D eigenvalue weighted by molar-refractivity contribution is 0.665. The van der Waals surface area contributed by atoms with Crippen LogP contribution in [-0.2, 0) is 5.41 Å². The summed E-state index contributed by atoms with van der Waals surface area (Å²) in [4.78, 5) is 3.91. The Morgan fingerprint density at radius 2 is 1.34 bits per heavy atom. The number of rotatable bonds is 0. The largest absolute Gasteiger partial charge is 0.354 e. The van der Waals surface area contributed by atoms with E-state index in [2.05, 4.69) is 114 Å². The number of para-hydroxylation sites is 2. The Morgan fingerprint density at radius 3 is 2.26 bits per heavy atom. The molecule has 0 bridgehead atoms. The molecule has 8 aromatic rings. The van der Waals surface area contributed by atoms with Gasteiger partial charge in [0.05, 0.1) is 22.1 Å². The van der Waals surface area contributed by atoms with Gasteiger partial charge in [0, 0.05) is 37.9 Å². The molecule has 9 rings (SSSR count). The maximum Gasteiger partial charge on any atom is 0.0619 e. The van der Waals surface area contributed by atoms with Gasteiger partial charge in [-0.25, -0.2) is 0 Å². The second-order valence-electron chi connectivity index (χ2n) is 10.6. The van der Waals surface area contributed by atoms with E-state index in [9.17, 15) is 0 Å². The van der Waals surface area contributed by atoms with E-state index in [0.29, 0.717) is 0 Å². The van der Waals surface area contributed by atoms with Crippen molar-refractivity contribution < 1.29 is 0 Å². The van der Waals surface area contributed by atoms with E-state index < -0.39 is 0 Å². The van der Waals surface area contributed by atoms with Gasteiger partial charge in [0.1, 0.15) is 0 Å². The molecule has 164 valence electrons. The van der Waals surface area contributed by atoms with Crippen molar-refractivity contribution in [3.05, 3.63) is 102 Å². The summed E-state index contributed by atoms with van der Waals surface area (Å²) in [5.41, 5.74) is 11.8. The van der Waals surface area contributed by atoms with Gasteiger partial charge in [-0.1, -0.05) is 86.6 Å². The first kappa shape index (κ1) is 18.1. The number of nitrogens with zero attached hydrogens (tertiary/aromatic N) is 1. The third-order valence-electron chi connectivity index (χ3n) is 8.62. The molecule has 2 nitrogen and oxygen atoms in total. The Hall–Kier alpha value is -4.30. The first-order valence-corrected chi connectivity index (χ1v) is 12.4. The highest BCUT2D eigenvalue weighted by Gasteiger charge is 2.38. The van der Waals surface area contributed by atoms with E-state index in [-0.39, 0.29) is 5.41 Å². The minimum Gasteiger partial charge on any atom is -0.354 e.